The van der Waals surface area contributed by atoms with E-state index in [1.165, 1.54) is 0 Å². The molecule has 0 aromatic heterocycles. The van der Waals surface area contributed by atoms with Gasteiger partial charge in [0, 0.05) is 32.6 Å². The fourth-order valence-corrected chi connectivity index (χ4v) is 2.52. The third kappa shape index (κ3) is 7.45. The van der Waals surface area contributed by atoms with Gasteiger partial charge in [-0.3, -0.25) is 4.79 Å². The summed E-state index contributed by atoms with van der Waals surface area (Å²) in [6.07, 6.45) is 1.07. The van der Waals surface area contributed by atoms with Crippen molar-refractivity contribution in [2.75, 3.05) is 32.8 Å². The molecule has 0 saturated heterocycles. The van der Waals surface area contributed by atoms with Crippen LogP contribution in [0.3, 0.4) is 0 Å². The van der Waals surface area contributed by atoms with Gasteiger partial charge in [0.1, 0.15) is 5.75 Å². The molecule has 0 heterocycles. The smallest absolute Gasteiger partial charge is 0.317 e. The maximum Gasteiger partial charge on any atom is 0.317 e. The summed E-state index contributed by atoms with van der Waals surface area (Å²) < 4.78 is 5.78. The number of carbonyl (C=O) groups is 2. The monoisotopic (exact) mass is 349 g/mol. The summed E-state index contributed by atoms with van der Waals surface area (Å²) in [7, 11) is 0. The number of hydrogen-bond donors (Lipinski definition) is 2. The molecule has 6 nitrogen and oxygen atoms in total. The molecule has 3 amide bonds. The number of nitrogens with one attached hydrogen (secondary N) is 2. The molecule has 1 aromatic rings. The first-order chi connectivity index (χ1) is 12.0. The number of amides is 3. The molecule has 25 heavy (non-hydrogen) atoms. The van der Waals surface area contributed by atoms with Gasteiger partial charge in [-0.1, -0.05) is 18.2 Å². The SMILES string of the molecule is CCN(CC)C(=O)NCCNC(=O)CCCOc1c(C)cccc1C. The number of ether oxygens (including phenoxy) is 1. The zero-order chi connectivity index (χ0) is 18.7. The van der Waals surface area contributed by atoms with Crippen LogP contribution in [0.2, 0.25) is 0 Å². The highest BCUT2D eigenvalue weighted by molar-refractivity contribution is 5.76. The maximum absolute atomic E-state index is 11.8. The molecule has 0 aliphatic heterocycles. The van der Waals surface area contributed by atoms with Crippen LogP contribution in [0.25, 0.3) is 0 Å². The average Bonchev–Trinajstić information content (AvgIpc) is 2.58. The Kier molecular flexibility index (Phi) is 9.43. The Bertz CT molecular complexity index is 537. The topological polar surface area (TPSA) is 70.7 Å². The lowest BCUT2D eigenvalue weighted by atomic mass is 10.1. The fraction of sp³-hybridized carbons (Fsp3) is 0.579. The first kappa shape index (κ1) is 20.8. The van der Waals surface area contributed by atoms with Crippen molar-refractivity contribution in [3.63, 3.8) is 0 Å². The lowest BCUT2D eigenvalue weighted by Crippen LogP contribution is -2.42. The van der Waals surface area contributed by atoms with Crippen molar-refractivity contribution < 1.29 is 14.3 Å². The molecular formula is C19H31N3O3. The number of carbonyl (C=O) groups excluding carboxylic acids is 2. The summed E-state index contributed by atoms with van der Waals surface area (Å²) in [4.78, 5) is 25.2. The van der Waals surface area contributed by atoms with E-state index in [1.54, 1.807) is 4.90 Å². The molecule has 0 radical (unpaired) electrons. The molecule has 0 atom stereocenters. The van der Waals surface area contributed by atoms with Gasteiger partial charge in [0.2, 0.25) is 5.91 Å². The van der Waals surface area contributed by atoms with Crippen LogP contribution in [0.15, 0.2) is 18.2 Å². The normalized spacial score (nSPS) is 10.2. The van der Waals surface area contributed by atoms with Crippen LogP contribution in [0.1, 0.15) is 37.8 Å². The summed E-state index contributed by atoms with van der Waals surface area (Å²) >= 11 is 0. The molecule has 0 fully saturated rings. The molecule has 0 saturated carbocycles. The first-order valence-corrected chi connectivity index (χ1v) is 8.98. The van der Waals surface area contributed by atoms with Crippen LogP contribution in [0.5, 0.6) is 5.75 Å². The van der Waals surface area contributed by atoms with E-state index in [1.807, 2.05) is 45.9 Å². The minimum absolute atomic E-state index is 0.0257. The summed E-state index contributed by atoms with van der Waals surface area (Å²) in [5, 5.41) is 5.60. The Hall–Kier alpha value is -2.24. The Morgan fingerprint density at radius 1 is 1.04 bits per heavy atom. The predicted molar refractivity (Wildman–Crippen MR) is 100.0 cm³/mol. The van der Waals surface area contributed by atoms with Crippen LogP contribution in [-0.2, 0) is 4.79 Å². The van der Waals surface area contributed by atoms with Gasteiger partial charge < -0.3 is 20.3 Å². The van der Waals surface area contributed by atoms with E-state index < -0.39 is 0 Å². The molecule has 2 N–H and O–H groups in total. The van der Waals surface area contributed by atoms with Gasteiger partial charge in [-0.25, -0.2) is 4.79 Å². The number of nitrogens with zero attached hydrogens (tertiary/aromatic N) is 1. The van der Waals surface area contributed by atoms with Gasteiger partial charge in [0.15, 0.2) is 0 Å². The number of benzene rings is 1. The number of para-hydroxylation sites is 1. The highest BCUT2D eigenvalue weighted by Gasteiger charge is 2.08. The summed E-state index contributed by atoms with van der Waals surface area (Å²) in [5.74, 6) is 0.879. The van der Waals surface area contributed by atoms with Crippen molar-refractivity contribution in [2.24, 2.45) is 0 Å². The molecule has 140 valence electrons. The summed E-state index contributed by atoms with van der Waals surface area (Å²) in [6, 6.07) is 5.94. The van der Waals surface area contributed by atoms with E-state index in [2.05, 4.69) is 10.6 Å². The van der Waals surface area contributed by atoms with E-state index in [4.69, 9.17) is 4.74 Å². The van der Waals surface area contributed by atoms with Crippen molar-refractivity contribution in [3.05, 3.63) is 29.3 Å². The summed E-state index contributed by atoms with van der Waals surface area (Å²) in [5.41, 5.74) is 2.21. The van der Waals surface area contributed by atoms with Gasteiger partial charge in [0.25, 0.3) is 0 Å². The number of rotatable bonds is 10. The minimum atomic E-state index is -0.0961. The Balaban J connectivity index is 2.14. The maximum atomic E-state index is 11.8. The zero-order valence-electron chi connectivity index (χ0n) is 15.9. The van der Waals surface area contributed by atoms with Crippen LogP contribution in [0.4, 0.5) is 4.79 Å². The molecule has 0 spiro atoms. The van der Waals surface area contributed by atoms with Crippen molar-refractivity contribution in [2.45, 2.75) is 40.5 Å². The van der Waals surface area contributed by atoms with Crippen LogP contribution in [-0.4, -0.2) is 49.6 Å². The zero-order valence-corrected chi connectivity index (χ0v) is 15.9. The van der Waals surface area contributed by atoms with E-state index in [9.17, 15) is 9.59 Å². The third-order valence-electron chi connectivity index (χ3n) is 3.98. The fourth-order valence-electron chi connectivity index (χ4n) is 2.52. The van der Waals surface area contributed by atoms with Gasteiger partial charge in [-0.2, -0.15) is 0 Å². The van der Waals surface area contributed by atoms with E-state index in [0.717, 1.165) is 16.9 Å². The molecular weight excluding hydrogens is 318 g/mol. The largest absolute Gasteiger partial charge is 0.493 e. The van der Waals surface area contributed by atoms with Gasteiger partial charge >= 0.3 is 6.03 Å². The lowest BCUT2D eigenvalue weighted by molar-refractivity contribution is -0.121. The number of hydrogen-bond acceptors (Lipinski definition) is 3. The first-order valence-electron chi connectivity index (χ1n) is 8.98. The molecule has 6 heteroatoms. The van der Waals surface area contributed by atoms with Gasteiger partial charge in [-0.05, 0) is 45.2 Å². The second-order valence-corrected chi connectivity index (χ2v) is 5.93. The van der Waals surface area contributed by atoms with Crippen LogP contribution < -0.4 is 15.4 Å². The summed E-state index contributed by atoms with van der Waals surface area (Å²) in [6.45, 7) is 10.6. The minimum Gasteiger partial charge on any atom is -0.493 e. The van der Waals surface area contributed by atoms with Crippen molar-refractivity contribution in [1.82, 2.24) is 15.5 Å². The highest BCUT2D eigenvalue weighted by atomic mass is 16.5. The van der Waals surface area contributed by atoms with Crippen molar-refractivity contribution in [3.8, 4) is 5.75 Å². The van der Waals surface area contributed by atoms with Crippen LogP contribution in [0, 0.1) is 13.8 Å². The molecule has 0 unspecified atom stereocenters. The molecule has 0 bridgehead atoms. The number of urea groups is 1. The van der Waals surface area contributed by atoms with Gasteiger partial charge in [-0.15, -0.1) is 0 Å². The Morgan fingerprint density at radius 2 is 1.64 bits per heavy atom. The quantitative estimate of drug-likeness (QED) is 0.638. The average molecular weight is 349 g/mol. The lowest BCUT2D eigenvalue weighted by Gasteiger charge is -2.19. The van der Waals surface area contributed by atoms with Crippen molar-refractivity contribution >= 4 is 11.9 Å². The molecule has 1 rings (SSSR count). The van der Waals surface area contributed by atoms with Crippen molar-refractivity contribution in [1.29, 1.82) is 0 Å². The van der Waals surface area contributed by atoms with Gasteiger partial charge in [0.05, 0.1) is 6.61 Å². The van der Waals surface area contributed by atoms with E-state index in [0.29, 0.717) is 45.6 Å². The number of aryl methyl sites for hydroxylation is 2. The standard InChI is InChI=1S/C19H31N3O3/c1-5-22(6-2)19(24)21-13-12-20-17(23)11-8-14-25-18-15(3)9-7-10-16(18)4/h7,9-10H,5-6,8,11-14H2,1-4H3,(H,20,23)(H,21,24). The molecule has 0 aliphatic rings. The third-order valence-corrected chi connectivity index (χ3v) is 3.98. The molecule has 1 aromatic carbocycles. The molecule has 0 aliphatic carbocycles. The second-order valence-electron chi connectivity index (χ2n) is 5.93. The van der Waals surface area contributed by atoms with E-state index >= 15 is 0 Å². The predicted octanol–water partition coefficient (Wildman–Crippen LogP) is 2.63. The Labute approximate surface area is 150 Å². The Morgan fingerprint density at radius 3 is 2.24 bits per heavy atom. The van der Waals surface area contributed by atoms with E-state index in [-0.39, 0.29) is 11.9 Å². The second kappa shape index (κ2) is 11.3. The highest BCUT2D eigenvalue weighted by Crippen LogP contribution is 2.22. The van der Waals surface area contributed by atoms with Crippen LogP contribution >= 0.6 is 0 Å².